The van der Waals surface area contributed by atoms with Crippen LogP contribution in [0, 0.1) is 26.6 Å². The van der Waals surface area contributed by atoms with Crippen molar-refractivity contribution in [1.29, 1.82) is 0 Å². The van der Waals surface area contributed by atoms with Crippen LogP contribution in [0.1, 0.15) is 33.9 Å². The first-order chi connectivity index (χ1) is 9.38. The van der Waals surface area contributed by atoms with Crippen molar-refractivity contribution in [3.63, 3.8) is 0 Å². The molecule has 0 aromatic heterocycles. The monoisotopic (exact) mass is 292 g/mol. The number of aliphatic hydroxyl groups is 1. The van der Waals surface area contributed by atoms with Crippen LogP contribution in [0.5, 0.6) is 0 Å². The highest BCUT2D eigenvalue weighted by molar-refractivity contribution is 6.31. The lowest BCUT2D eigenvalue weighted by atomic mass is 9.97. The van der Waals surface area contributed by atoms with Gasteiger partial charge in [0.2, 0.25) is 0 Å². The molecular formula is C17H18ClFO. The Morgan fingerprint density at radius 1 is 1.05 bits per heavy atom. The molecule has 106 valence electrons. The predicted molar refractivity (Wildman–Crippen MR) is 80.7 cm³/mol. The summed E-state index contributed by atoms with van der Waals surface area (Å²) in [5, 5.41) is 10.6. The van der Waals surface area contributed by atoms with Crippen LogP contribution in [0.2, 0.25) is 5.02 Å². The van der Waals surface area contributed by atoms with Gasteiger partial charge < -0.3 is 5.11 Å². The Balaban J connectivity index is 2.25. The maximum absolute atomic E-state index is 13.4. The molecule has 20 heavy (non-hydrogen) atoms. The van der Waals surface area contributed by atoms with Crippen molar-refractivity contribution in [2.45, 2.75) is 33.3 Å². The average Bonchev–Trinajstić information content (AvgIpc) is 2.38. The zero-order chi connectivity index (χ0) is 14.9. The van der Waals surface area contributed by atoms with Crippen LogP contribution in [0.25, 0.3) is 0 Å². The molecule has 1 atom stereocenters. The maximum Gasteiger partial charge on any atom is 0.127 e. The number of benzene rings is 2. The van der Waals surface area contributed by atoms with Crippen molar-refractivity contribution in [1.82, 2.24) is 0 Å². The number of halogens is 2. The van der Waals surface area contributed by atoms with Gasteiger partial charge in [-0.25, -0.2) is 4.39 Å². The van der Waals surface area contributed by atoms with Gasteiger partial charge >= 0.3 is 0 Å². The minimum absolute atomic E-state index is 0.268. The van der Waals surface area contributed by atoms with Gasteiger partial charge in [0.15, 0.2) is 0 Å². The van der Waals surface area contributed by atoms with Crippen molar-refractivity contribution in [3.8, 4) is 0 Å². The molecule has 0 saturated heterocycles. The van der Waals surface area contributed by atoms with Gasteiger partial charge in [0.1, 0.15) is 5.82 Å². The summed E-state index contributed by atoms with van der Waals surface area (Å²) < 4.78 is 13.4. The summed E-state index contributed by atoms with van der Waals surface area (Å²) in [5.41, 5.74) is 4.51. The zero-order valence-corrected chi connectivity index (χ0v) is 12.6. The van der Waals surface area contributed by atoms with Gasteiger partial charge in [-0.15, -0.1) is 0 Å². The summed E-state index contributed by atoms with van der Waals surface area (Å²) in [6.45, 7) is 5.76. The van der Waals surface area contributed by atoms with Crippen molar-refractivity contribution in [2.75, 3.05) is 0 Å². The van der Waals surface area contributed by atoms with E-state index in [4.69, 9.17) is 11.6 Å². The van der Waals surface area contributed by atoms with E-state index in [2.05, 4.69) is 13.0 Å². The topological polar surface area (TPSA) is 20.2 Å². The lowest BCUT2D eigenvalue weighted by molar-refractivity contribution is 0.178. The molecule has 0 saturated carbocycles. The Labute approximate surface area is 124 Å². The standard InChI is InChI=1S/C17H18ClFO/c1-10-4-5-13(6-11(10)2)8-17(20)14-7-12(3)16(19)9-15(14)18/h4-7,9,17,20H,8H2,1-3H3. The third-order valence-electron chi connectivity index (χ3n) is 3.64. The normalized spacial score (nSPS) is 12.5. The molecule has 0 amide bonds. The summed E-state index contributed by atoms with van der Waals surface area (Å²) in [5.74, 6) is -0.350. The summed E-state index contributed by atoms with van der Waals surface area (Å²) in [4.78, 5) is 0. The Kier molecular flexibility index (Phi) is 4.46. The van der Waals surface area contributed by atoms with Gasteiger partial charge in [-0.2, -0.15) is 0 Å². The molecule has 0 aliphatic heterocycles. The molecule has 1 N–H and O–H groups in total. The molecule has 2 aromatic carbocycles. The Hall–Kier alpha value is -1.38. The molecule has 0 heterocycles. The van der Waals surface area contributed by atoms with Gasteiger partial charge in [0, 0.05) is 11.4 Å². The van der Waals surface area contributed by atoms with Gasteiger partial charge in [-0.1, -0.05) is 29.8 Å². The summed E-state index contributed by atoms with van der Waals surface area (Å²) in [6, 6.07) is 8.97. The van der Waals surface area contributed by atoms with E-state index in [1.165, 1.54) is 17.2 Å². The van der Waals surface area contributed by atoms with E-state index in [0.29, 0.717) is 17.5 Å². The van der Waals surface area contributed by atoms with Crippen LogP contribution >= 0.6 is 11.6 Å². The van der Waals surface area contributed by atoms with Crippen LogP contribution in [0.4, 0.5) is 4.39 Å². The smallest absolute Gasteiger partial charge is 0.127 e. The van der Waals surface area contributed by atoms with E-state index in [9.17, 15) is 9.50 Å². The number of aliphatic hydroxyl groups excluding tert-OH is 1. The number of rotatable bonds is 3. The van der Waals surface area contributed by atoms with Crippen LogP contribution in [-0.2, 0) is 6.42 Å². The van der Waals surface area contributed by atoms with Crippen molar-refractivity contribution < 1.29 is 9.50 Å². The van der Waals surface area contributed by atoms with Crippen molar-refractivity contribution in [3.05, 3.63) is 69.0 Å². The molecule has 0 spiro atoms. The number of aryl methyl sites for hydroxylation is 3. The summed E-state index contributed by atoms with van der Waals surface area (Å²) in [7, 11) is 0. The van der Waals surface area contributed by atoms with Crippen LogP contribution in [0.3, 0.4) is 0 Å². The largest absolute Gasteiger partial charge is 0.388 e. The highest BCUT2D eigenvalue weighted by Crippen LogP contribution is 2.28. The highest BCUT2D eigenvalue weighted by Gasteiger charge is 2.15. The number of hydrogen-bond donors (Lipinski definition) is 1. The SMILES string of the molecule is Cc1ccc(CC(O)c2cc(C)c(F)cc2Cl)cc1C. The first kappa shape index (κ1) is 15.0. The Bertz CT molecular complexity index is 637. The predicted octanol–water partition coefficient (Wildman–Crippen LogP) is 4.68. The second kappa shape index (κ2) is 5.94. The molecule has 1 nitrogen and oxygen atoms in total. The minimum Gasteiger partial charge on any atom is -0.388 e. The summed E-state index contributed by atoms with van der Waals surface area (Å²) >= 11 is 6.02. The van der Waals surface area contributed by atoms with Crippen LogP contribution in [0.15, 0.2) is 30.3 Å². The third kappa shape index (κ3) is 3.20. The lowest BCUT2D eigenvalue weighted by Gasteiger charge is -2.15. The van der Waals surface area contributed by atoms with E-state index in [1.807, 2.05) is 19.1 Å². The van der Waals surface area contributed by atoms with Gasteiger partial charge in [0.05, 0.1) is 6.10 Å². The molecule has 0 aliphatic carbocycles. The van der Waals surface area contributed by atoms with Gasteiger partial charge in [-0.3, -0.25) is 0 Å². The molecule has 1 unspecified atom stereocenters. The highest BCUT2D eigenvalue weighted by atomic mass is 35.5. The quantitative estimate of drug-likeness (QED) is 0.871. The van der Waals surface area contributed by atoms with Crippen molar-refractivity contribution in [2.24, 2.45) is 0 Å². The van der Waals surface area contributed by atoms with E-state index in [-0.39, 0.29) is 10.8 Å². The fourth-order valence-corrected chi connectivity index (χ4v) is 2.47. The van der Waals surface area contributed by atoms with E-state index >= 15 is 0 Å². The molecule has 3 heteroatoms. The lowest BCUT2D eigenvalue weighted by Crippen LogP contribution is -2.04. The first-order valence-electron chi connectivity index (χ1n) is 6.58. The van der Waals surface area contributed by atoms with E-state index in [0.717, 1.165) is 5.56 Å². The molecule has 0 radical (unpaired) electrons. The molecule has 0 aliphatic rings. The fraction of sp³-hybridized carbons (Fsp3) is 0.294. The van der Waals surface area contributed by atoms with E-state index < -0.39 is 6.10 Å². The first-order valence-corrected chi connectivity index (χ1v) is 6.96. The Morgan fingerprint density at radius 3 is 2.40 bits per heavy atom. The second-order valence-corrected chi connectivity index (χ2v) is 5.67. The molecule has 0 fully saturated rings. The van der Waals surface area contributed by atoms with Crippen molar-refractivity contribution >= 4 is 11.6 Å². The molecule has 2 rings (SSSR count). The molecule has 2 aromatic rings. The second-order valence-electron chi connectivity index (χ2n) is 5.26. The third-order valence-corrected chi connectivity index (χ3v) is 3.96. The number of hydrogen-bond acceptors (Lipinski definition) is 1. The maximum atomic E-state index is 13.4. The van der Waals surface area contributed by atoms with Gasteiger partial charge in [-0.05, 0) is 60.7 Å². The van der Waals surface area contributed by atoms with Gasteiger partial charge in [0.25, 0.3) is 0 Å². The Morgan fingerprint density at radius 2 is 1.75 bits per heavy atom. The van der Waals surface area contributed by atoms with Crippen LogP contribution in [-0.4, -0.2) is 5.11 Å². The zero-order valence-electron chi connectivity index (χ0n) is 11.9. The van der Waals surface area contributed by atoms with Crippen LogP contribution < -0.4 is 0 Å². The molecular weight excluding hydrogens is 275 g/mol. The van der Waals surface area contributed by atoms with E-state index in [1.54, 1.807) is 13.0 Å². The molecule has 0 bridgehead atoms. The fourth-order valence-electron chi connectivity index (χ4n) is 2.20. The minimum atomic E-state index is -0.732. The summed E-state index contributed by atoms with van der Waals surface area (Å²) in [6.07, 6.45) is -0.268. The average molecular weight is 293 g/mol.